The molecule has 0 aliphatic carbocycles. The van der Waals surface area contributed by atoms with Crippen molar-refractivity contribution in [2.24, 2.45) is 17.8 Å². The molecule has 12 rings (SSSR count). The number of allylic oxidation sites excluding steroid dienone is 2. The number of nitrogens with zero attached hydrogens (tertiary/aromatic N) is 5. The summed E-state index contributed by atoms with van der Waals surface area (Å²) in [5, 5.41) is 15.7. The molecule has 7 heterocycles. The standard InChI is InChI=1S/C22H24ClN3O2.C22H22F3N3O2.C17H18N4O3/c1-15-2-5-18-10-20(8-9-21(18)25-15)28-14-17-12-26(13-17)22(27)24-11-16-3-6-19(23)7-4-16;1-14-2-3-16-10-19(8-9-20(16)26-14)30-13-15-11-28(12-15)21(29)27-18-6-4-17(5-7-18)22(23,24)25;22-16-4-1-13-7-14(2-3-15(13)19-16)24-10-12-8-21(9-12)17(23)20-6-5-18-11-20/h3-4,6-10,17,25H,1-2,5,11-14H2,(H,24,27);4-10,15,26H,1-3,11-13H2,(H,27,29);2-3,5-7,11-12H,1,4,8-10H2,(H,19,22). The SMILES string of the molecule is C=C1CCc2cc(OCC3CN(C(=O)NCc4ccc(Cl)cc4)C3)ccc2N1.C=C1CCc2cc(OCC3CN(C(=O)Nc4ccc(C(F)(F)F)cc4)C3)ccc2N1.O=C1CCc2cc(OCC3CN(C(=O)n4ccnc4)C3)ccc2N1. The van der Waals surface area contributed by atoms with Gasteiger partial charge in [-0.2, -0.15) is 13.2 Å². The second-order valence-electron chi connectivity index (χ2n) is 21.3. The third-order valence-corrected chi connectivity index (χ3v) is 15.1. The lowest BCUT2D eigenvalue weighted by Crippen LogP contribution is -2.55. The first-order valence-corrected chi connectivity index (χ1v) is 27.7. The second-order valence-corrected chi connectivity index (χ2v) is 21.7. The fraction of sp³-hybridized carbons (Fsp3) is 0.328. The number of carbonyl (C=O) groups is 4. The number of hydrogen-bond acceptors (Lipinski definition) is 10. The van der Waals surface area contributed by atoms with Gasteiger partial charge in [0.05, 0.1) is 25.4 Å². The molecule has 6 aliphatic rings. The van der Waals surface area contributed by atoms with Gasteiger partial charge in [-0.05, 0) is 145 Å². The van der Waals surface area contributed by atoms with E-state index in [2.05, 4.69) is 50.8 Å². The van der Waals surface area contributed by atoms with Crippen LogP contribution in [0.5, 0.6) is 17.2 Å². The molecule has 1 aromatic heterocycles. The molecule has 0 atom stereocenters. The molecule has 5 aromatic carbocycles. The van der Waals surface area contributed by atoms with Gasteiger partial charge in [-0.1, -0.05) is 36.9 Å². The molecule has 3 fully saturated rings. The number of amides is 6. The molecule has 0 bridgehead atoms. The van der Waals surface area contributed by atoms with Crippen molar-refractivity contribution in [2.75, 3.05) is 80.4 Å². The zero-order valence-corrected chi connectivity index (χ0v) is 45.9. The van der Waals surface area contributed by atoms with Crippen LogP contribution in [0.25, 0.3) is 0 Å². The van der Waals surface area contributed by atoms with Crippen LogP contribution in [0.3, 0.4) is 0 Å². The summed E-state index contributed by atoms with van der Waals surface area (Å²) in [6.07, 6.45) is 5.41. The predicted octanol–water partition coefficient (Wildman–Crippen LogP) is 11.3. The Kier molecular flexibility index (Phi) is 17.6. The number of likely N-dealkylation sites (tertiary alicyclic amines) is 3. The van der Waals surface area contributed by atoms with Crippen molar-refractivity contribution in [3.8, 4) is 17.2 Å². The number of aromatic nitrogens is 2. The Hall–Kier alpha value is -8.65. The molecule has 6 amide bonds. The predicted molar refractivity (Wildman–Crippen MR) is 307 cm³/mol. The molecule has 428 valence electrons. The average molecular weight is 1140 g/mol. The van der Waals surface area contributed by atoms with Gasteiger partial charge in [-0.25, -0.2) is 19.4 Å². The number of benzene rings is 5. The summed E-state index contributed by atoms with van der Waals surface area (Å²) in [4.78, 5) is 56.9. The maximum absolute atomic E-state index is 12.6. The van der Waals surface area contributed by atoms with Crippen molar-refractivity contribution in [2.45, 2.75) is 51.2 Å². The summed E-state index contributed by atoms with van der Waals surface area (Å²) in [6.45, 7) is 14.1. The van der Waals surface area contributed by atoms with E-state index in [9.17, 15) is 32.3 Å². The summed E-state index contributed by atoms with van der Waals surface area (Å²) in [5.41, 5.74) is 9.32. The summed E-state index contributed by atoms with van der Waals surface area (Å²) in [5.74, 6) is 3.49. The van der Waals surface area contributed by atoms with Crippen LogP contribution in [-0.2, 0) is 36.8 Å². The number of halogens is 4. The lowest BCUT2D eigenvalue weighted by Gasteiger charge is -2.38. The summed E-state index contributed by atoms with van der Waals surface area (Å²) in [7, 11) is 0. The van der Waals surface area contributed by atoms with Crippen LogP contribution in [0.1, 0.15) is 47.1 Å². The number of imidazole rings is 1. The van der Waals surface area contributed by atoms with Gasteiger partial charge in [-0.15, -0.1) is 0 Å². The first-order chi connectivity index (χ1) is 39.5. The van der Waals surface area contributed by atoms with Gasteiger partial charge in [-0.3, -0.25) is 9.36 Å². The third kappa shape index (κ3) is 14.8. The highest BCUT2D eigenvalue weighted by Gasteiger charge is 2.35. The lowest BCUT2D eigenvalue weighted by atomic mass is 10.0. The highest BCUT2D eigenvalue weighted by Crippen LogP contribution is 2.34. The Morgan fingerprint density at radius 2 is 1.09 bits per heavy atom. The number of carbonyl (C=O) groups excluding carboxylic acids is 4. The van der Waals surface area contributed by atoms with Gasteiger partial charge in [0.15, 0.2) is 0 Å². The van der Waals surface area contributed by atoms with E-state index in [1.54, 1.807) is 22.2 Å². The number of aryl methyl sites for hydroxylation is 3. The average Bonchev–Trinajstić information content (AvgIpc) is 4.15. The van der Waals surface area contributed by atoms with E-state index >= 15 is 0 Å². The second kappa shape index (κ2) is 25.4. The molecule has 0 saturated carbocycles. The highest BCUT2D eigenvalue weighted by molar-refractivity contribution is 6.30. The molecular formula is C61H64ClF3N10O7. The summed E-state index contributed by atoms with van der Waals surface area (Å²) < 4.78 is 57.0. The number of hydrogen-bond donors (Lipinski definition) is 5. The maximum atomic E-state index is 12.6. The minimum Gasteiger partial charge on any atom is -0.493 e. The lowest BCUT2D eigenvalue weighted by molar-refractivity contribution is -0.137. The van der Waals surface area contributed by atoms with Crippen molar-refractivity contribution in [1.82, 2.24) is 29.6 Å². The number of fused-ring (bicyclic) bond motifs is 3. The minimum atomic E-state index is -4.39. The number of anilines is 4. The summed E-state index contributed by atoms with van der Waals surface area (Å²) in [6, 6.07) is 29.3. The van der Waals surface area contributed by atoms with Crippen molar-refractivity contribution in [3.63, 3.8) is 0 Å². The molecule has 0 radical (unpaired) electrons. The number of ether oxygens (including phenoxy) is 3. The van der Waals surface area contributed by atoms with Crippen LogP contribution in [0, 0.1) is 17.8 Å². The van der Waals surface area contributed by atoms with Crippen molar-refractivity contribution < 1.29 is 46.6 Å². The minimum absolute atomic E-state index is 0.0358. The van der Waals surface area contributed by atoms with E-state index in [1.165, 1.54) is 34.2 Å². The van der Waals surface area contributed by atoms with E-state index < -0.39 is 11.7 Å². The Labute approximate surface area is 478 Å². The molecule has 17 nitrogen and oxygen atoms in total. The first kappa shape index (κ1) is 56.6. The largest absolute Gasteiger partial charge is 0.493 e. The van der Waals surface area contributed by atoms with Gasteiger partial charge in [0.1, 0.15) is 23.6 Å². The monoisotopic (exact) mass is 1140 g/mol. The number of nitrogens with one attached hydrogen (secondary N) is 5. The van der Waals surface area contributed by atoms with Crippen LogP contribution >= 0.6 is 11.6 Å². The molecule has 3 saturated heterocycles. The van der Waals surface area contributed by atoms with Crippen LogP contribution in [0.4, 0.5) is 50.3 Å². The van der Waals surface area contributed by atoms with E-state index in [-0.39, 0.29) is 29.9 Å². The van der Waals surface area contributed by atoms with Crippen molar-refractivity contribution >= 4 is 58.4 Å². The van der Waals surface area contributed by atoms with E-state index in [4.69, 9.17) is 25.8 Å². The fourth-order valence-corrected chi connectivity index (χ4v) is 10.2. The zero-order valence-electron chi connectivity index (χ0n) is 45.1. The van der Waals surface area contributed by atoms with Crippen molar-refractivity contribution in [1.29, 1.82) is 0 Å². The molecule has 82 heavy (non-hydrogen) atoms. The molecule has 0 unspecified atom stereocenters. The Balaban J connectivity index is 0.000000139. The number of urea groups is 2. The van der Waals surface area contributed by atoms with Crippen molar-refractivity contribution in [3.05, 3.63) is 179 Å². The Morgan fingerprint density at radius 1 is 0.610 bits per heavy atom. The van der Waals surface area contributed by atoms with Crippen LogP contribution in [-0.4, -0.2) is 107 Å². The summed E-state index contributed by atoms with van der Waals surface area (Å²) >= 11 is 5.87. The Bertz CT molecular complexity index is 3290. The Morgan fingerprint density at radius 3 is 1.57 bits per heavy atom. The van der Waals surface area contributed by atoms with E-state index in [0.29, 0.717) is 81.5 Å². The van der Waals surface area contributed by atoms with Crippen LogP contribution in [0.2, 0.25) is 5.02 Å². The number of alkyl halides is 3. The smallest absolute Gasteiger partial charge is 0.416 e. The molecule has 5 N–H and O–H groups in total. The maximum Gasteiger partial charge on any atom is 0.416 e. The first-order valence-electron chi connectivity index (χ1n) is 27.3. The van der Waals surface area contributed by atoms with Gasteiger partial charge < -0.3 is 55.5 Å². The molecule has 6 aliphatic heterocycles. The normalized spacial score (nSPS) is 16.4. The van der Waals surface area contributed by atoms with Gasteiger partial charge in [0.2, 0.25) is 5.91 Å². The van der Waals surface area contributed by atoms with E-state index in [0.717, 1.165) is 114 Å². The van der Waals surface area contributed by atoms with Gasteiger partial charge in [0, 0.05) is 122 Å². The highest BCUT2D eigenvalue weighted by atomic mass is 35.5. The molecular weight excluding hydrogens is 1080 g/mol. The number of rotatable bonds is 12. The quantitative estimate of drug-likeness (QED) is 0.0790. The van der Waals surface area contributed by atoms with Crippen LogP contribution < -0.4 is 40.8 Å². The van der Waals surface area contributed by atoms with Gasteiger partial charge in [0.25, 0.3) is 0 Å². The van der Waals surface area contributed by atoms with Crippen LogP contribution in [0.15, 0.2) is 146 Å². The van der Waals surface area contributed by atoms with E-state index in [1.807, 2.05) is 77.7 Å². The fourth-order valence-electron chi connectivity index (χ4n) is 10.0. The zero-order chi connectivity index (χ0) is 57.3. The molecule has 6 aromatic rings. The van der Waals surface area contributed by atoms with Gasteiger partial charge >= 0.3 is 24.3 Å². The topological polar surface area (TPSA) is 184 Å². The molecule has 0 spiro atoms. The third-order valence-electron chi connectivity index (χ3n) is 14.9. The molecule has 21 heteroatoms.